The van der Waals surface area contributed by atoms with E-state index in [1.165, 1.54) is 36.4 Å². The van der Waals surface area contributed by atoms with Gasteiger partial charge in [-0.1, -0.05) is 50.3 Å². The zero-order valence-electron chi connectivity index (χ0n) is 23.1. The summed E-state index contributed by atoms with van der Waals surface area (Å²) in [4.78, 5) is 20.9. The highest BCUT2D eigenvalue weighted by molar-refractivity contribution is 7.15. The van der Waals surface area contributed by atoms with Crippen LogP contribution in [0.25, 0.3) is 11.1 Å². The van der Waals surface area contributed by atoms with Crippen LogP contribution >= 0.6 is 11.3 Å². The molecule has 8 nitrogen and oxygen atoms in total. The lowest BCUT2D eigenvalue weighted by molar-refractivity contribution is 0.102. The summed E-state index contributed by atoms with van der Waals surface area (Å²) in [5.74, 6) is -0.769. The van der Waals surface area contributed by atoms with Gasteiger partial charge in [-0.2, -0.15) is 0 Å². The summed E-state index contributed by atoms with van der Waals surface area (Å²) in [7, 11) is 1.42. The van der Waals surface area contributed by atoms with E-state index in [9.17, 15) is 9.18 Å². The van der Waals surface area contributed by atoms with Crippen molar-refractivity contribution in [2.75, 3.05) is 25.6 Å². The first kappa shape index (κ1) is 30.7. The standard InChI is InChI=1S/C17H16FN5O2S.C9H14O.C2H6.H2/c1-8-5-11(14-13(25-4)7-20-9(2)15(14)18)12(6-19-8)16(24)21-17-23-22-10(3)26-17;1-2-7-10-8-6-9-4-3-5-9;1-2;/h5-7H,1-4H3,(H,21,23,24);3-5H,2,6-8H2,1H3;1-2H3;1H. The summed E-state index contributed by atoms with van der Waals surface area (Å²) in [5.41, 5.74) is 3.00. The van der Waals surface area contributed by atoms with Gasteiger partial charge < -0.3 is 9.47 Å². The normalized spacial score (nSPS) is 11.3. The zero-order chi connectivity index (χ0) is 28.1. The summed E-state index contributed by atoms with van der Waals surface area (Å²) >= 11 is 1.25. The van der Waals surface area contributed by atoms with Crippen LogP contribution in [-0.4, -0.2) is 46.4 Å². The van der Waals surface area contributed by atoms with E-state index >= 15 is 0 Å². The third-order valence-corrected chi connectivity index (χ3v) is 5.94. The number of rotatable bonds is 9. The molecule has 0 unspecified atom stereocenters. The number of hydrogen-bond acceptors (Lipinski definition) is 8. The maximum atomic E-state index is 14.8. The van der Waals surface area contributed by atoms with Crippen LogP contribution in [-0.2, 0) is 4.74 Å². The van der Waals surface area contributed by atoms with E-state index in [0.29, 0.717) is 16.4 Å². The number of carbonyl (C=O) groups excluding carboxylic acids is 1. The summed E-state index contributed by atoms with van der Waals surface area (Å²) < 4.78 is 25.4. The maximum absolute atomic E-state index is 14.8. The minimum atomic E-state index is -0.546. The van der Waals surface area contributed by atoms with Crippen molar-refractivity contribution in [2.45, 2.75) is 54.4 Å². The summed E-state index contributed by atoms with van der Waals surface area (Å²) in [6.07, 6.45) is 11.4. The van der Waals surface area contributed by atoms with Gasteiger partial charge in [-0.25, -0.2) is 4.39 Å². The monoisotopic (exact) mass is 543 g/mol. The Morgan fingerprint density at radius 1 is 1.13 bits per heavy atom. The second-order valence-corrected chi connectivity index (χ2v) is 9.20. The molecular weight excluding hydrogens is 505 g/mol. The van der Waals surface area contributed by atoms with Gasteiger partial charge in [0.2, 0.25) is 5.13 Å². The fourth-order valence-electron chi connectivity index (χ4n) is 3.27. The molecule has 0 radical (unpaired) electrons. The quantitative estimate of drug-likeness (QED) is 0.293. The van der Waals surface area contributed by atoms with Gasteiger partial charge in [0.25, 0.3) is 5.91 Å². The van der Waals surface area contributed by atoms with Gasteiger partial charge in [0.1, 0.15) is 10.8 Å². The Labute approximate surface area is 229 Å². The van der Waals surface area contributed by atoms with Crippen LogP contribution in [0.15, 0.2) is 42.3 Å². The minimum absolute atomic E-state index is 0. The number of anilines is 1. The SMILES string of the molecule is CC.CCCOCCC1=CC=C1.COc1cnc(C)c(F)c1-c1cc(C)ncc1C(=O)Nc1nnc(C)s1.[HH]. The molecule has 3 aromatic rings. The second-order valence-electron chi connectivity index (χ2n) is 8.02. The Bertz CT molecular complexity index is 1280. The Kier molecular flexibility index (Phi) is 12.7. The van der Waals surface area contributed by atoms with E-state index in [0.717, 1.165) is 31.1 Å². The molecule has 206 valence electrons. The van der Waals surface area contributed by atoms with Crippen molar-refractivity contribution in [3.8, 4) is 16.9 Å². The van der Waals surface area contributed by atoms with Gasteiger partial charge in [-0.15, -0.1) is 10.2 Å². The van der Waals surface area contributed by atoms with E-state index < -0.39 is 11.7 Å². The van der Waals surface area contributed by atoms with E-state index in [1.54, 1.807) is 26.8 Å². The lowest BCUT2D eigenvalue weighted by Crippen LogP contribution is -2.14. The number of halogens is 1. The molecule has 38 heavy (non-hydrogen) atoms. The van der Waals surface area contributed by atoms with Gasteiger partial charge in [0.15, 0.2) is 5.82 Å². The molecule has 0 atom stereocenters. The number of nitrogens with zero attached hydrogens (tertiary/aromatic N) is 4. The average Bonchev–Trinajstić information content (AvgIpc) is 3.30. The van der Waals surface area contributed by atoms with Gasteiger partial charge in [-0.05, 0) is 45.3 Å². The molecule has 1 N–H and O–H groups in total. The smallest absolute Gasteiger partial charge is 0.259 e. The Hall–Kier alpha value is -3.50. The highest BCUT2D eigenvalue weighted by atomic mass is 32.1. The lowest BCUT2D eigenvalue weighted by Gasteiger charge is -2.14. The van der Waals surface area contributed by atoms with Crippen LogP contribution in [0.4, 0.5) is 9.52 Å². The van der Waals surface area contributed by atoms with Crippen molar-refractivity contribution in [3.63, 3.8) is 0 Å². The van der Waals surface area contributed by atoms with E-state index in [1.807, 2.05) is 13.8 Å². The number of methoxy groups -OCH3 is 1. The topological polar surface area (TPSA) is 99.1 Å². The van der Waals surface area contributed by atoms with Crippen molar-refractivity contribution in [1.82, 2.24) is 20.2 Å². The highest BCUT2D eigenvalue weighted by Gasteiger charge is 2.22. The fraction of sp³-hybridized carbons (Fsp3) is 0.393. The summed E-state index contributed by atoms with van der Waals surface area (Å²) in [6.45, 7) is 13.0. The molecule has 1 aliphatic rings. The Morgan fingerprint density at radius 2 is 1.87 bits per heavy atom. The third-order valence-electron chi connectivity index (χ3n) is 5.18. The second kappa shape index (κ2) is 15.7. The van der Waals surface area contributed by atoms with Crippen LogP contribution in [0.2, 0.25) is 0 Å². The van der Waals surface area contributed by atoms with Gasteiger partial charge in [0, 0.05) is 25.5 Å². The predicted octanol–water partition coefficient (Wildman–Crippen LogP) is 6.89. The van der Waals surface area contributed by atoms with Crippen molar-refractivity contribution >= 4 is 22.4 Å². The van der Waals surface area contributed by atoms with E-state index in [4.69, 9.17) is 9.47 Å². The molecule has 0 saturated heterocycles. The summed E-state index contributed by atoms with van der Waals surface area (Å²) in [6, 6.07) is 1.64. The summed E-state index contributed by atoms with van der Waals surface area (Å²) in [5, 5.41) is 11.5. The minimum Gasteiger partial charge on any atom is -0.494 e. The molecule has 3 aromatic heterocycles. The number of allylic oxidation sites excluding steroid dienone is 3. The predicted molar refractivity (Wildman–Crippen MR) is 152 cm³/mol. The molecule has 3 heterocycles. The number of ether oxygens (including phenoxy) is 2. The van der Waals surface area contributed by atoms with Crippen LogP contribution in [0.1, 0.15) is 61.8 Å². The number of aromatic nitrogens is 4. The molecular formula is C28H38FN5O3S. The number of pyridine rings is 2. The third kappa shape index (κ3) is 8.53. The van der Waals surface area contributed by atoms with Crippen LogP contribution in [0.5, 0.6) is 5.75 Å². The molecule has 0 aromatic carbocycles. The Balaban J connectivity index is 0.000000493. The molecule has 0 saturated carbocycles. The van der Waals surface area contributed by atoms with Gasteiger partial charge >= 0.3 is 0 Å². The molecule has 4 rings (SSSR count). The van der Waals surface area contributed by atoms with Crippen molar-refractivity contribution in [1.29, 1.82) is 0 Å². The average molecular weight is 544 g/mol. The Morgan fingerprint density at radius 3 is 2.45 bits per heavy atom. The van der Waals surface area contributed by atoms with Gasteiger partial charge in [0.05, 0.1) is 36.7 Å². The van der Waals surface area contributed by atoms with Crippen LogP contribution < -0.4 is 10.1 Å². The lowest BCUT2D eigenvalue weighted by atomic mass is 9.99. The van der Waals surface area contributed by atoms with Crippen molar-refractivity contribution < 1.29 is 20.1 Å². The fourth-order valence-corrected chi connectivity index (χ4v) is 3.85. The van der Waals surface area contributed by atoms with Crippen LogP contribution in [0, 0.1) is 26.6 Å². The molecule has 0 bridgehead atoms. The molecule has 1 aliphatic carbocycles. The van der Waals surface area contributed by atoms with Crippen molar-refractivity contribution in [2.24, 2.45) is 0 Å². The zero-order valence-corrected chi connectivity index (χ0v) is 23.9. The van der Waals surface area contributed by atoms with Gasteiger partial charge in [-0.3, -0.25) is 20.1 Å². The largest absolute Gasteiger partial charge is 0.494 e. The number of nitrogens with one attached hydrogen (secondary N) is 1. The number of amides is 1. The molecule has 1 amide bonds. The van der Waals surface area contributed by atoms with E-state index in [-0.39, 0.29) is 24.0 Å². The number of hydrogen-bond donors (Lipinski definition) is 1. The first-order valence-electron chi connectivity index (χ1n) is 12.6. The first-order valence-corrected chi connectivity index (χ1v) is 13.4. The van der Waals surface area contributed by atoms with Crippen LogP contribution in [0.3, 0.4) is 0 Å². The molecule has 0 aliphatic heterocycles. The molecule has 0 spiro atoms. The molecule has 0 fully saturated rings. The molecule has 10 heteroatoms. The van der Waals surface area contributed by atoms with Crippen molar-refractivity contribution in [3.05, 3.63) is 70.0 Å². The first-order chi connectivity index (χ1) is 18.3. The maximum Gasteiger partial charge on any atom is 0.259 e. The number of aryl methyl sites for hydroxylation is 3. The number of carbonyl (C=O) groups is 1. The van der Waals surface area contributed by atoms with E-state index in [2.05, 4.69) is 50.6 Å². The highest BCUT2D eigenvalue weighted by Crippen LogP contribution is 2.35.